The van der Waals surface area contributed by atoms with Crippen LogP contribution in [0.15, 0.2) is 27.0 Å². The minimum atomic E-state index is -3.30. The zero-order valence-corrected chi connectivity index (χ0v) is 20.8. The van der Waals surface area contributed by atoms with Crippen molar-refractivity contribution in [3.05, 3.63) is 22.3 Å². The second kappa shape index (κ2) is 11.4. The Bertz CT molecular complexity index is 1270. The molecule has 20 heteroatoms. The lowest BCUT2D eigenvalue weighted by atomic mass is 10.0. The van der Waals surface area contributed by atoms with Gasteiger partial charge in [0.2, 0.25) is 5.16 Å². The number of rotatable bonds is 11. The number of halogens is 2. The minimum Gasteiger partial charge on any atom is -0.477 e. The van der Waals surface area contributed by atoms with E-state index in [1.807, 2.05) is 0 Å². The molecule has 2 atom stereocenters. The maximum absolute atomic E-state index is 12.9. The van der Waals surface area contributed by atoms with Crippen molar-refractivity contribution in [3.63, 3.8) is 0 Å². The van der Waals surface area contributed by atoms with Crippen molar-refractivity contribution in [3.8, 4) is 0 Å². The van der Waals surface area contributed by atoms with Crippen LogP contribution in [0.4, 0.5) is 13.9 Å². The highest BCUT2D eigenvalue weighted by Gasteiger charge is 2.54. The third-order valence-electron chi connectivity index (χ3n) is 4.93. The molecule has 0 saturated carbocycles. The molecular formula is C17H17F2N9O6S3. The zero-order chi connectivity index (χ0) is 26.7. The largest absolute Gasteiger partial charge is 0.477 e. The molecule has 1 fully saturated rings. The summed E-state index contributed by atoms with van der Waals surface area (Å²) >= 11 is 3.29. The Balaban J connectivity index is 1.49. The van der Waals surface area contributed by atoms with Gasteiger partial charge in [0.15, 0.2) is 10.8 Å². The summed E-state index contributed by atoms with van der Waals surface area (Å²) in [6, 6.07) is -1.15. The summed E-state index contributed by atoms with van der Waals surface area (Å²) in [7, 11) is 0. The standard InChI is InChI=1S/C17H17F2N9O6S3/c18-15(19)34-24-8(7-5-36-16(20)21-7)11(30)22-9-12(31)28-10(14(32)33)6(3-35-13(9)28)4-37-17-23-25-26-27(17)1-2-29/h5,9,13,15,29H,1-4H2,(H2,20,21)(H,22,30)(H,32,33)/t9?,13-/m0/s1. The summed E-state index contributed by atoms with van der Waals surface area (Å²) < 4.78 is 26.4. The van der Waals surface area contributed by atoms with E-state index in [1.165, 1.54) is 21.8 Å². The van der Waals surface area contributed by atoms with E-state index in [-0.39, 0.29) is 41.2 Å². The number of nitrogens with two attached hydrogens (primary N) is 1. The van der Waals surface area contributed by atoms with Gasteiger partial charge in [0.1, 0.15) is 22.8 Å². The number of carbonyl (C=O) groups excluding carboxylic acids is 2. The fraction of sp³-hybridized carbons (Fsp3) is 0.412. The average molecular weight is 578 g/mol. The van der Waals surface area contributed by atoms with Crippen molar-refractivity contribution in [2.45, 2.75) is 29.7 Å². The molecule has 15 nitrogen and oxygen atoms in total. The number of nitrogen functional groups attached to an aromatic ring is 1. The normalized spacial score (nSPS) is 19.6. The molecule has 198 valence electrons. The molecule has 2 aliphatic rings. The van der Waals surface area contributed by atoms with Gasteiger partial charge in [-0.15, -0.1) is 28.2 Å². The van der Waals surface area contributed by atoms with Crippen LogP contribution in [-0.2, 0) is 25.8 Å². The molecule has 0 aromatic carbocycles. The number of carboxylic acids is 1. The number of alkyl halides is 2. The number of carboxylic acid groups (broad SMARTS) is 1. The zero-order valence-electron chi connectivity index (χ0n) is 18.4. The number of aliphatic hydroxyl groups is 1. The summed E-state index contributed by atoms with van der Waals surface area (Å²) in [5.41, 5.74) is 4.99. The molecule has 4 rings (SSSR count). The third kappa shape index (κ3) is 5.65. The number of β-lactam (4-membered cyclic amide) rings is 1. The van der Waals surface area contributed by atoms with Crippen molar-refractivity contribution in [2.24, 2.45) is 5.16 Å². The Hall–Kier alpha value is -3.36. The Morgan fingerprint density at radius 2 is 2.22 bits per heavy atom. The summed E-state index contributed by atoms with van der Waals surface area (Å²) in [6.07, 6.45) is 0. The van der Waals surface area contributed by atoms with Gasteiger partial charge in [-0.05, 0) is 16.0 Å². The molecule has 0 aliphatic carbocycles. The molecule has 4 heterocycles. The van der Waals surface area contributed by atoms with E-state index in [4.69, 9.17) is 10.8 Å². The molecule has 0 radical (unpaired) electrons. The molecule has 5 N–H and O–H groups in total. The maximum Gasteiger partial charge on any atom is 0.407 e. The van der Waals surface area contributed by atoms with Crippen LogP contribution < -0.4 is 11.1 Å². The molecule has 37 heavy (non-hydrogen) atoms. The number of aliphatic hydroxyl groups excluding tert-OH is 1. The molecule has 1 unspecified atom stereocenters. The highest BCUT2D eigenvalue weighted by atomic mass is 32.2. The van der Waals surface area contributed by atoms with Gasteiger partial charge in [-0.2, -0.15) is 8.78 Å². The molecule has 2 aromatic heterocycles. The quantitative estimate of drug-likeness (QED) is 0.111. The second-order valence-electron chi connectivity index (χ2n) is 7.19. The van der Waals surface area contributed by atoms with Gasteiger partial charge in [0.25, 0.3) is 11.8 Å². The predicted octanol–water partition coefficient (Wildman–Crippen LogP) is -0.822. The van der Waals surface area contributed by atoms with E-state index in [1.54, 1.807) is 0 Å². The Labute approximate surface area is 218 Å². The lowest BCUT2D eigenvalue weighted by molar-refractivity contribution is -0.150. The Kier molecular flexibility index (Phi) is 8.19. The number of hydrogen-bond acceptors (Lipinski definition) is 14. The van der Waals surface area contributed by atoms with Crippen LogP contribution in [0, 0.1) is 0 Å². The van der Waals surface area contributed by atoms with Gasteiger partial charge in [0, 0.05) is 16.9 Å². The highest BCUT2D eigenvalue weighted by molar-refractivity contribution is 8.01. The molecule has 1 saturated heterocycles. The number of thioether (sulfide) groups is 2. The van der Waals surface area contributed by atoms with Crippen molar-refractivity contribution >= 4 is 63.5 Å². The topological polar surface area (TPSA) is 211 Å². The summed E-state index contributed by atoms with van der Waals surface area (Å²) in [5, 5.41) is 36.5. The van der Waals surface area contributed by atoms with Gasteiger partial charge in [-0.3, -0.25) is 14.5 Å². The van der Waals surface area contributed by atoms with Crippen molar-refractivity contribution in [1.82, 2.24) is 35.4 Å². The maximum atomic E-state index is 12.9. The summed E-state index contributed by atoms with van der Waals surface area (Å²) in [6.45, 7) is -3.34. The van der Waals surface area contributed by atoms with E-state index in [0.29, 0.717) is 10.7 Å². The number of aromatic nitrogens is 5. The van der Waals surface area contributed by atoms with Gasteiger partial charge in [-0.1, -0.05) is 16.9 Å². The number of nitrogens with one attached hydrogen (secondary N) is 1. The van der Waals surface area contributed by atoms with E-state index in [0.717, 1.165) is 28.0 Å². The predicted molar refractivity (Wildman–Crippen MR) is 125 cm³/mol. The Morgan fingerprint density at radius 3 is 2.86 bits per heavy atom. The first kappa shape index (κ1) is 26.7. The smallest absolute Gasteiger partial charge is 0.407 e. The van der Waals surface area contributed by atoms with Gasteiger partial charge in [-0.25, -0.2) is 14.5 Å². The lowest BCUT2D eigenvalue weighted by Crippen LogP contribution is -2.71. The van der Waals surface area contributed by atoms with Crippen molar-refractivity contribution in [1.29, 1.82) is 0 Å². The monoisotopic (exact) mass is 577 g/mol. The molecular weight excluding hydrogens is 560 g/mol. The number of fused-ring (bicyclic) bond motifs is 1. The van der Waals surface area contributed by atoms with Gasteiger partial charge >= 0.3 is 12.6 Å². The van der Waals surface area contributed by atoms with Crippen LogP contribution in [0.25, 0.3) is 0 Å². The number of thiazole rings is 1. The van der Waals surface area contributed by atoms with Crippen molar-refractivity contribution in [2.75, 3.05) is 23.8 Å². The van der Waals surface area contributed by atoms with Crippen LogP contribution in [-0.4, -0.2) is 99.9 Å². The molecule has 0 bridgehead atoms. The number of anilines is 1. The first-order valence-corrected chi connectivity index (χ1v) is 13.1. The minimum absolute atomic E-state index is 0.0494. The van der Waals surface area contributed by atoms with E-state index < -0.39 is 41.5 Å². The van der Waals surface area contributed by atoms with Crippen LogP contribution in [0.5, 0.6) is 0 Å². The van der Waals surface area contributed by atoms with E-state index in [9.17, 15) is 28.3 Å². The first-order valence-electron chi connectivity index (χ1n) is 10.1. The number of carbonyl (C=O) groups is 3. The fourth-order valence-electron chi connectivity index (χ4n) is 3.38. The number of tetrazole rings is 1. The van der Waals surface area contributed by atoms with Gasteiger partial charge in [0.05, 0.1) is 13.2 Å². The average Bonchev–Trinajstić information content (AvgIpc) is 3.49. The summed E-state index contributed by atoms with van der Waals surface area (Å²) in [5.74, 6) is -2.69. The van der Waals surface area contributed by atoms with Crippen LogP contribution in [0.1, 0.15) is 5.69 Å². The number of amides is 2. The molecule has 2 aliphatic heterocycles. The SMILES string of the molecule is Nc1nc(C(=NOC(F)F)C(=O)NC2C(=O)N3C(C(=O)O)=C(CSc4nnnn4CCO)CS[C@@H]23)cs1. The van der Waals surface area contributed by atoms with Crippen molar-refractivity contribution < 1.29 is 38.2 Å². The lowest BCUT2D eigenvalue weighted by Gasteiger charge is -2.49. The van der Waals surface area contributed by atoms with Gasteiger partial charge < -0.3 is 26.1 Å². The number of oxime groups is 1. The first-order chi connectivity index (χ1) is 17.7. The number of nitrogens with zero attached hydrogens (tertiary/aromatic N) is 7. The number of hydrogen-bond donors (Lipinski definition) is 4. The third-order valence-corrected chi connectivity index (χ3v) is 7.98. The van der Waals surface area contributed by atoms with E-state index in [2.05, 4.69) is 35.8 Å². The highest BCUT2D eigenvalue weighted by Crippen LogP contribution is 2.41. The fourth-order valence-corrected chi connectivity index (χ4v) is 6.32. The Morgan fingerprint density at radius 1 is 1.43 bits per heavy atom. The van der Waals surface area contributed by atoms with Crippen LogP contribution >= 0.6 is 34.9 Å². The van der Waals surface area contributed by atoms with Crippen LogP contribution in [0.3, 0.4) is 0 Å². The van der Waals surface area contributed by atoms with E-state index >= 15 is 0 Å². The molecule has 2 amide bonds. The number of aliphatic carboxylic acids is 1. The summed E-state index contributed by atoms with van der Waals surface area (Å²) in [4.78, 5) is 46.5. The van der Waals surface area contributed by atoms with Crippen LogP contribution in [0.2, 0.25) is 0 Å². The molecule has 2 aromatic rings. The molecule has 0 spiro atoms. The second-order valence-corrected chi connectivity index (χ2v) is 10.1.